The van der Waals surface area contributed by atoms with Crippen molar-refractivity contribution in [3.8, 4) is 0 Å². The van der Waals surface area contributed by atoms with Crippen LogP contribution < -0.4 is 0 Å². The molecule has 4 nitrogen and oxygen atoms in total. The lowest BCUT2D eigenvalue weighted by Crippen LogP contribution is -2.13. The van der Waals surface area contributed by atoms with Crippen molar-refractivity contribution in [2.45, 2.75) is 26.0 Å². The minimum absolute atomic E-state index is 0.154. The molecule has 0 fully saturated rings. The predicted molar refractivity (Wildman–Crippen MR) is 73.6 cm³/mol. The maximum absolute atomic E-state index is 10.5. The van der Waals surface area contributed by atoms with E-state index in [1.165, 1.54) is 6.20 Å². The summed E-state index contributed by atoms with van der Waals surface area (Å²) < 4.78 is 2.53. The molecule has 2 rings (SSSR count). The number of halogens is 2. The number of pyridine rings is 1. The van der Waals surface area contributed by atoms with Crippen LogP contribution in [0.1, 0.15) is 37.3 Å². The topological polar surface area (TPSA) is 50.9 Å². The molecule has 0 aliphatic carbocycles. The lowest BCUT2D eigenvalue weighted by atomic mass is 10.1. The second kappa shape index (κ2) is 5.38. The van der Waals surface area contributed by atoms with Crippen LogP contribution in [0.25, 0.3) is 0 Å². The summed E-state index contributed by atoms with van der Waals surface area (Å²) in [5.74, 6) is 0. The van der Waals surface area contributed by atoms with Crippen LogP contribution in [-0.4, -0.2) is 19.9 Å². The Kier molecular flexibility index (Phi) is 4.04. The second-order valence-corrected chi connectivity index (χ2v) is 5.48. The summed E-state index contributed by atoms with van der Waals surface area (Å²) >= 11 is 9.46. The lowest BCUT2D eigenvalue weighted by molar-refractivity contribution is 0.204. The Morgan fingerprint density at radius 3 is 2.72 bits per heavy atom. The summed E-state index contributed by atoms with van der Waals surface area (Å²) in [5.41, 5.74) is 1.31. The molecular formula is C12H13BrClN3O. The average molecular weight is 331 g/mol. The quantitative estimate of drug-likeness (QED) is 0.939. The van der Waals surface area contributed by atoms with Gasteiger partial charge in [-0.15, -0.1) is 0 Å². The van der Waals surface area contributed by atoms with Gasteiger partial charge < -0.3 is 5.11 Å². The van der Waals surface area contributed by atoms with Gasteiger partial charge >= 0.3 is 0 Å². The van der Waals surface area contributed by atoms with Gasteiger partial charge in [0.15, 0.2) is 0 Å². The number of rotatable bonds is 3. The highest BCUT2D eigenvalue weighted by Gasteiger charge is 2.22. The fourth-order valence-electron chi connectivity index (χ4n) is 1.77. The molecule has 0 saturated carbocycles. The van der Waals surface area contributed by atoms with Crippen molar-refractivity contribution in [2.24, 2.45) is 0 Å². The predicted octanol–water partition coefficient (Wildman–Crippen LogP) is 3.36. The third kappa shape index (κ3) is 2.43. The number of aliphatic hydroxyl groups excluding tert-OH is 1. The maximum atomic E-state index is 10.5. The Labute approximate surface area is 119 Å². The Bertz CT molecular complexity index is 556. The van der Waals surface area contributed by atoms with E-state index in [-0.39, 0.29) is 6.04 Å². The lowest BCUT2D eigenvalue weighted by Gasteiger charge is -2.17. The Hall–Kier alpha value is -0.910. The molecular weight excluding hydrogens is 318 g/mol. The molecule has 18 heavy (non-hydrogen) atoms. The van der Waals surface area contributed by atoms with Crippen molar-refractivity contribution in [3.63, 3.8) is 0 Å². The van der Waals surface area contributed by atoms with Crippen molar-refractivity contribution in [1.29, 1.82) is 0 Å². The van der Waals surface area contributed by atoms with Crippen LogP contribution in [0.5, 0.6) is 0 Å². The van der Waals surface area contributed by atoms with Crippen LogP contribution in [-0.2, 0) is 0 Å². The largest absolute Gasteiger partial charge is 0.382 e. The summed E-state index contributed by atoms with van der Waals surface area (Å²) in [5, 5.41) is 15.1. The fraction of sp³-hybridized carbons (Fsp3) is 0.333. The molecule has 6 heteroatoms. The number of nitrogens with zero attached hydrogens (tertiary/aromatic N) is 3. The first-order valence-corrected chi connectivity index (χ1v) is 6.69. The average Bonchev–Trinajstić information content (AvgIpc) is 2.71. The van der Waals surface area contributed by atoms with Gasteiger partial charge in [-0.05, 0) is 35.8 Å². The van der Waals surface area contributed by atoms with Crippen LogP contribution in [0.2, 0.25) is 5.02 Å². The van der Waals surface area contributed by atoms with E-state index in [0.717, 1.165) is 4.47 Å². The monoisotopic (exact) mass is 329 g/mol. The normalized spacial score (nSPS) is 13.0. The molecule has 2 aromatic rings. The number of aliphatic hydroxyl groups is 1. The molecule has 0 aliphatic heterocycles. The summed E-state index contributed by atoms with van der Waals surface area (Å²) in [6, 6.07) is 1.86. The molecule has 0 spiro atoms. The number of hydrogen-bond acceptors (Lipinski definition) is 3. The zero-order valence-electron chi connectivity index (χ0n) is 10.0. The summed E-state index contributed by atoms with van der Waals surface area (Å²) in [6.45, 7) is 4.01. The van der Waals surface area contributed by atoms with E-state index >= 15 is 0 Å². The SMILES string of the molecule is CC(C)n1ncc(Br)c1C(O)c1ccncc1Cl. The summed E-state index contributed by atoms with van der Waals surface area (Å²) in [7, 11) is 0. The van der Waals surface area contributed by atoms with Crippen molar-refractivity contribution < 1.29 is 5.11 Å². The highest BCUT2D eigenvalue weighted by Crippen LogP contribution is 2.33. The Morgan fingerprint density at radius 1 is 1.39 bits per heavy atom. The summed E-state index contributed by atoms with van der Waals surface area (Å²) in [6.07, 6.45) is 3.96. The van der Waals surface area contributed by atoms with Crippen molar-refractivity contribution in [2.75, 3.05) is 0 Å². The first kappa shape index (κ1) is 13.5. The Balaban J connectivity index is 2.49. The molecule has 0 aliphatic rings. The highest BCUT2D eigenvalue weighted by atomic mass is 79.9. The van der Waals surface area contributed by atoms with Crippen LogP contribution in [0.15, 0.2) is 29.1 Å². The summed E-state index contributed by atoms with van der Waals surface area (Å²) in [4.78, 5) is 3.91. The van der Waals surface area contributed by atoms with Crippen LogP contribution in [0.3, 0.4) is 0 Å². The number of aromatic nitrogens is 3. The third-order valence-electron chi connectivity index (χ3n) is 2.63. The van der Waals surface area contributed by atoms with Gasteiger partial charge in [-0.25, -0.2) is 0 Å². The fourth-order valence-corrected chi connectivity index (χ4v) is 2.49. The third-order valence-corrected chi connectivity index (χ3v) is 3.56. The maximum Gasteiger partial charge on any atom is 0.123 e. The van der Waals surface area contributed by atoms with Gasteiger partial charge in [-0.1, -0.05) is 11.6 Å². The molecule has 0 bridgehead atoms. The van der Waals surface area contributed by atoms with E-state index in [0.29, 0.717) is 16.3 Å². The smallest absolute Gasteiger partial charge is 0.123 e. The van der Waals surface area contributed by atoms with E-state index < -0.39 is 6.10 Å². The van der Waals surface area contributed by atoms with Gasteiger partial charge in [-0.2, -0.15) is 5.10 Å². The molecule has 1 N–H and O–H groups in total. The van der Waals surface area contributed by atoms with Gasteiger partial charge in [0.25, 0.3) is 0 Å². The van der Waals surface area contributed by atoms with Crippen LogP contribution in [0.4, 0.5) is 0 Å². The van der Waals surface area contributed by atoms with E-state index in [4.69, 9.17) is 11.6 Å². The molecule has 0 aromatic carbocycles. The zero-order chi connectivity index (χ0) is 13.3. The standard InChI is InChI=1S/C12H13BrClN3O/c1-7(2)17-11(9(13)5-16-17)12(18)8-3-4-15-6-10(8)14/h3-7,12,18H,1-2H3. The van der Waals surface area contributed by atoms with Gasteiger partial charge in [0.05, 0.1) is 21.4 Å². The zero-order valence-corrected chi connectivity index (χ0v) is 12.4. The molecule has 0 radical (unpaired) electrons. The van der Waals surface area contributed by atoms with E-state index in [9.17, 15) is 5.11 Å². The van der Waals surface area contributed by atoms with Crippen molar-refractivity contribution in [3.05, 3.63) is 45.4 Å². The van der Waals surface area contributed by atoms with Crippen molar-refractivity contribution in [1.82, 2.24) is 14.8 Å². The van der Waals surface area contributed by atoms with Gasteiger partial charge in [0.1, 0.15) is 6.10 Å². The van der Waals surface area contributed by atoms with Crippen LogP contribution in [0, 0.1) is 0 Å². The molecule has 1 atom stereocenters. The number of hydrogen-bond donors (Lipinski definition) is 1. The molecule has 0 saturated heterocycles. The molecule has 2 heterocycles. The minimum atomic E-state index is -0.834. The van der Waals surface area contributed by atoms with E-state index in [1.54, 1.807) is 23.1 Å². The molecule has 96 valence electrons. The first-order valence-electron chi connectivity index (χ1n) is 5.52. The first-order chi connectivity index (χ1) is 8.52. The van der Waals surface area contributed by atoms with Gasteiger partial charge in [0.2, 0.25) is 0 Å². The second-order valence-electron chi connectivity index (χ2n) is 4.22. The van der Waals surface area contributed by atoms with E-state index in [1.807, 2.05) is 13.8 Å². The van der Waals surface area contributed by atoms with Gasteiger partial charge in [0, 0.05) is 24.0 Å². The van der Waals surface area contributed by atoms with Crippen LogP contribution >= 0.6 is 27.5 Å². The minimum Gasteiger partial charge on any atom is -0.382 e. The Morgan fingerprint density at radius 2 is 2.11 bits per heavy atom. The molecule has 0 amide bonds. The van der Waals surface area contributed by atoms with Crippen molar-refractivity contribution >= 4 is 27.5 Å². The molecule has 1 unspecified atom stereocenters. The van der Waals surface area contributed by atoms with E-state index in [2.05, 4.69) is 26.0 Å². The van der Waals surface area contributed by atoms with Gasteiger partial charge in [-0.3, -0.25) is 9.67 Å². The molecule has 2 aromatic heterocycles. The highest BCUT2D eigenvalue weighted by molar-refractivity contribution is 9.10.